The second kappa shape index (κ2) is 10.8. The molecule has 0 radical (unpaired) electrons. The van der Waals surface area contributed by atoms with Crippen LogP contribution in [0.5, 0.6) is 0 Å². The quantitative estimate of drug-likeness (QED) is 0.275. The van der Waals surface area contributed by atoms with Gasteiger partial charge in [0.15, 0.2) is 6.29 Å². The highest BCUT2D eigenvalue weighted by atomic mass is 16.6. The zero-order valence-corrected chi connectivity index (χ0v) is 13.3. The molecule has 1 heterocycles. The molecule has 1 aliphatic rings. The minimum absolute atomic E-state index is 0.182. The molecule has 0 amide bonds. The molecular formula is C14H27N3O5. The standard InChI is InChI=1S/C14H27N3O5/c1-3-5-7-20-9-10-11(16-17-15)13(21-8-6-4-2)12(18)14(19)22-10/h10-14,18-19H,3-9H2,1-2H3/t10?,11-,12?,13-,14+/m0/s1. The highest BCUT2D eigenvalue weighted by Crippen LogP contribution is 2.25. The molecule has 0 saturated carbocycles. The number of unbranched alkanes of at least 4 members (excludes halogenated alkanes) is 2. The van der Waals surface area contributed by atoms with Crippen molar-refractivity contribution >= 4 is 0 Å². The van der Waals surface area contributed by atoms with Crippen LogP contribution < -0.4 is 0 Å². The van der Waals surface area contributed by atoms with E-state index < -0.39 is 30.6 Å². The molecule has 0 aromatic rings. The normalized spacial score (nSPS) is 31.7. The van der Waals surface area contributed by atoms with Crippen LogP contribution in [0.1, 0.15) is 39.5 Å². The predicted octanol–water partition coefficient (Wildman–Crippen LogP) is 1.75. The highest BCUT2D eigenvalue weighted by Gasteiger charge is 2.45. The number of hydrogen-bond donors (Lipinski definition) is 2. The SMILES string of the molecule is CCCCOCC1O[C@@H](O)C(O)[C@@H](OCCCC)[C@H]1N=[N+]=[N-]. The number of hydrogen-bond acceptors (Lipinski definition) is 6. The van der Waals surface area contributed by atoms with Gasteiger partial charge < -0.3 is 24.4 Å². The Morgan fingerprint density at radius 3 is 2.50 bits per heavy atom. The Morgan fingerprint density at radius 2 is 1.86 bits per heavy atom. The van der Waals surface area contributed by atoms with Crippen molar-refractivity contribution in [1.29, 1.82) is 0 Å². The van der Waals surface area contributed by atoms with Crippen molar-refractivity contribution in [3.8, 4) is 0 Å². The first-order valence-electron chi connectivity index (χ1n) is 7.90. The third kappa shape index (κ3) is 5.72. The van der Waals surface area contributed by atoms with Crippen LogP contribution in [0.2, 0.25) is 0 Å². The summed E-state index contributed by atoms with van der Waals surface area (Å²) < 4.78 is 16.4. The van der Waals surface area contributed by atoms with Gasteiger partial charge in [0, 0.05) is 18.1 Å². The number of nitrogens with zero attached hydrogens (tertiary/aromatic N) is 3. The van der Waals surface area contributed by atoms with Gasteiger partial charge in [-0.25, -0.2) is 0 Å². The number of rotatable bonds is 10. The van der Waals surface area contributed by atoms with Crippen LogP contribution >= 0.6 is 0 Å². The first-order chi connectivity index (χ1) is 10.7. The van der Waals surface area contributed by atoms with Crippen LogP contribution in [0.4, 0.5) is 0 Å². The number of aliphatic hydroxyl groups excluding tert-OH is 2. The summed E-state index contributed by atoms with van der Waals surface area (Å²) in [4.78, 5) is 2.81. The maximum Gasteiger partial charge on any atom is 0.183 e. The first kappa shape index (κ1) is 19.2. The number of aliphatic hydroxyl groups is 2. The molecule has 8 heteroatoms. The van der Waals surface area contributed by atoms with Crippen molar-refractivity contribution in [2.45, 2.75) is 70.2 Å². The zero-order valence-electron chi connectivity index (χ0n) is 13.3. The van der Waals surface area contributed by atoms with Gasteiger partial charge in [-0.15, -0.1) is 0 Å². The van der Waals surface area contributed by atoms with Gasteiger partial charge in [-0.05, 0) is 18.4 Å². The smallest absolute Gasteiger partial charge is 0.183 e. The Morgan fingerprint density at radius 1 is 1.18 bits per heavy atom. The molecule has 0 aromatic carbocycles. The van der Waals surface area contributed by atoms with E-state index in [4.69, 9.17) is 19.7 Å². The molecule has 0 bridgehead atoms. The van der Waals surface area contributed by atoms with Crippen molar-refractivity contribution in [2.24, 2.45) is 5.11 Å². The summed E-state index contributed by atoms with van der Waals surface area (Å²) in [6.45, 7) is 5.25. The molecule has 0 spiro atoms. The van der Waals surface area contributed by atoms with Gasteiger partial charge in [0.05, 0.1) is 24.9 Å². The van der Waals surface area contributed by atoms with Crippen LogP contribution in [-0.4, -0.2) is 60.7 Å². The van der Waals surface area contributed by atoms with Crippen LogP contribution in [0.3, 0.4) is 0 Å². The molecule has 0 aliphatic carbocycles. The summed E-state index contributed by atoms with van der Waals surface area (Å²) in [6.07, 6.45) is -0.381. The molecule has 1 saturated heterocycles. The van der Waals surface area contributed by atoms with Crippen LogP contribution in [0.15, 0.2) is 5.11 Å². The summed E-state index contributed by atoms with van der Waals surface area (Å²) in [5.74, 6) is 0. The van der Waals surface area contributed by atoms with E-state index in [1.54, 1.807) is 0 Å². The van der Waals surface area contributed by atoms with Crippen molar-refractivity contribution in [3.05, 3.63) is 10.4 Å². The van der Waals surface area contributed by atoms with Crippen molar-refractivity contribution < 1.29 is 24.4 Å². The minimum atomic E-state index is -1.38. The average Bonchev–Trinajstić information content (AvgIpc) is 2.51. The average molecular weight is 317 g/mol. The van der Waals surface area contributed by atoms with Gasteiger partial charge in [-0.2, -0.15) is 0 Å². The van der Waals surface area contributed by atoms with Crippen LogP contribution in [0, 0.1) is 0 Å². The molecule has 0 aromatic heterocycles. The number of azide groups is 1. The van der Waals surface area contributed by atoms with Gasteiger partial charge in [0.1, 0.15) is 6.10 Å². The first-order valence-corrected chi connectivity index (χ1v) is 7.90. The van der Waals surface area contributed by atoms with E-state index in [9.17, 15) is 10.2 Å². The van der Waals surface area contributed by atoms with Crippen molar-refractivity contribution in [1.82, 2.24) is 0 Å². The van der Waals surface area contributed by atoms with E-state index in [0.29, 0.717) is 13.2 Å². The summed E-state index contributed by atoms with van der Waals surface area (Å²) in [7, 11) is 0. The maximum absolute atomic E-state index is 10.0. The van der Waals surface area contributed by atoms with E-state index in [0.717, 1.165) is 25.7 Å². The fraction of sp³-hybridized carbons (Fsp3) is 1.00. The van der Waals surface area contributed by atoms with E-state index in [2.05, 4.69) is 16.9 Å². The number of ether oxygens (including phenoxy) is 3. The monoisotopic (exact) mass is 317 g/mol. The highest BCUT2D eigenvalue weighted by molar-refractivity contribution is 4.95. The molecule has 5 atom stereocenters. The fourth-order valence-corrected chi connectivity index (χ4v) is 2.26. The van der Waals surface area contributed by atoms with Gasteiger partial charge in [0.2, 0.25) is 0 Å². The Labute approximate surface area is 131 Å². The summed E-state index contributed by atoms with van der Waals surface area (Å²) in [5.41, 5.74) is 8.75. The van der Waals surface area contributed by atoms with E-state index >= 15 is 0 Å². The van der Waals surface area contributed by atoms with Gasteiger partial charge in [0.25, 0.3) is 0 Å². The molecule has 2 N–H and O–H groups in total. The third-order valence-electron chi connectivity index (χ3n) is 3.58. The Bertz CT molecular complexity index is 351. The molecule has 1 rings (SSSR count). The molecular weight excluding hydrogens is 290 g/mol. The van der Waals surface area contributed by atoms with Crippen molar-refractivity contribution in [2.75, 3.05) is 19.8 Å². The maximum atomic E-state index is 10.0. The predicted molar refractivity (Wildman–Crippen MR) is 80.2 cm³/mol. The van der Waals surface area contributed by atoms with E-state index in [-0.39, 0.29) is 6.61 Å². The van der Waals surface area contributed by atoms with Crippen LogP contribution in [0.25, 0.3) is 10.4 Å². The summed E-state index contributed by atoms with van der Waals surface area (Å²) in [6, 6.07) is -0.734. The molecule has 8 nitrogen and oxygen atoms in total. The molecule has 128 valence electrons. The molecule has 2 unspecified atom stereocenters. The largest absolute Gasteiger partial charge is 0.385 e. The lowest BCUT2D eigenvalue weighted by Crippen LogP contribution is -2.58. The zero-order chi connectivity index (χ0) is 16.4. The van der Waals surface area contributed by atoms with Crippen molar-refractivity contribution in [3.63, 3.8) is 0 Å². The van der Waals surface area contributed by atoms with Gasteiger partial charge in [-0.1, -0.05) is 31.8 Å². The Balaban J connectivity index is 2.70. The fourth-order valence-electron chi connectivity index (χ4n) is 2.26. The topological polar surface area (TPSA) is 117 Å². The molecule has 22 heavy (non-hydrogen) atoms. The summed E-state index contributed by atoms with van der Waals surface area (Å²) >= 11 is 0. The van der Waals surface area contributed by atoms with E-state index in [1.807, 2.05) is 6.92 Å². The lowest BCUT2D eigenvalue weighted by atomic mass is 9.97. The van der Waals surface area contributed by atoms with Crippen LogP contribution in [-0.2, 0) is 14.2 Å². The van der Waals surface area contributed by atoms with E-state index in [1.165, 1.54) is 0 Å². The second-order valence-corrected chi connectivity index (χ2v) is 5.37. The minimum Gasteiger partial charge on any atom is -0.385 e. The summed E-state index contributed by atoms with van der Waals surface area (Å²) in [5, 5.41) is 23.5. The van der Waals surface area contributed by atoms with Gasteiger partial charge >= 0.3 is 0 Å². The van der Waals surface area contributed by atoms with Gasteiger partial charge in [-0.3, -0.25) is 0 Å². The second-order valence-electron chi connectivity index (χ2n) is 5.37. The lowest BCUT2D eigenvalue weighted by molar-refractivity contribution is -0.268. The lowest BCUT2D eigenvalue weighted by Gasteiger charge is -2.41. The Kier molecular flexibility index (Phi) is 9.38. The Hall–Kier alpha value is -0.890. The molecule has 1 fully saturated rings. The molecule has 1 aliphatic heterocycles. The third-order valence-corrected chi connectivity index (χ3v) is 3.58.